The Bertz CT molecular complexity index is 448. The molecule has 0 aliphatic carbocycles. The highest BCUT2D eigenvalue weighted by molar-refractivity contribution is 5.87. The molecule has 1 rings (SSSR count). The second-order valence-corrected chi connectivity index (χ2v) is 3.51. The van der Waals surface area contributed by atoms with Gasteiger partial charge in [0.05, 0.1) is 0 Å². The summed E-state index contributed by atoms with van der Waals surface area (Å²) in [6, 6.07) is 10.1. The molecule has 0 saturated carbocycles. The van der Waals surface area contributed by atoms with Crippen LogP contribution in [0.5, 0.6) is 0 Å². The summed E-state index contributed by atoms with van der Waals surface area (Å²) in [6.07, 6.45) is 14.9. The van der Waals surface area contributed by atoms with Gasteiger partial charge in [0.25, 0.3) is 0 Å². The lowest BCUT2D eigenvalue weighted by molar-refractivity contribution is -0.112. The van der Waals surface area contributed by atoms with Gasteiger partial charge in [-0.2, -0.15) is 0 Å². The van der Waals surface area contributed by atoms with E-state index in [1.807, 2.05) is 54.7 Å². The predicted molar refractivity (Wildman–Crippen MR) is 73.6 cm³/mol. The molecule has 0 atom stereocenters. The molecular weight excluding hydrogens is 208 g/mol. The maximum Gasteiger partial charge on any atom is 0.152 e. The van der Waals surface area contributed by atoms with E-state index in [2.05, 4.69) is 12.1 Å². The molecule has 0 bridgehead atoms. The van der Waals surface area contributed by atoms with Gasteiger partial charge in [-0.25, -0.2) is 0 Å². The van der Waals surface area contributed by atoms with Crippen LogP contribution in [0.4, 0.5) is 0 Å². The first kappa shape index (κ1) is 12.9. The Balaban J connectivity index is 2.36. The fraction of sp³-hybridized carbons (Fsp3) is 0.0625. The minimum Gasteiger partial charge on any atom is -0.295 e. The molecule has 0 heterocycles. The Morgan fingerprint density at radius 3 is 2.12 bits per heavy atom. The molecule has 0 aliphatic rings. The third kappa shape index (κ3) is 6.85. The van der Waals surface area contributed by atoms with Gasteiger partial charge < -0.3 is 0 Å². The van der Waals surface area contributed by atoms with Crippen LogP contribution in [0.1, 0.15) is 12.5 Å². The lowest BCUT2D eigenvalue weighted by Gasteiger charge is -1.87. The van der Waals surface area contributed by atoms with E-state index in [0.29, 0.717) is 0 Å². The van der Waals surface area contributed by atoms with E-state index < -0.39 is 0 Å². The van der Waals surface area contributed by atoms with Crippen LogP contribution in [0.15, 0.2) is 72.9 Å². The standard InChI is InChI=1S/C16H16O/c1-15(17)11-7-4-2-3-5-8-12-16-13-9-6-10-14-16/h2-14H,1H3/b4-2-,5-3+,11-7-,12-8+. The highest BCUT2D eigenvalue weighted by Gasteiger charge is 1.79. The Kier molecular flexibility index (Phi) is 6.12. The second-order valence-electron chi connectivity index (χ2n) is 3.51. The molecule has 0 radical (unpaired) electrons. The third-order valence-corrected chi connectivity index (χ3v) is 1.97. The fourth-order valence-electron chi connectivity index (χ4n) is 1.18. The summed E-state index contributed by atoms with van der Waals surface area (Å²) in [5, 5.41) is 0. The monoisotopic (exact) mass is 224 g/mol. The lowest BCUT2D eigenvalue weighted by Crippen LogP contribution is -1.77. The van der Waals surface area contributed by atoms with Crippen LogP contribution >= 0.6 is 0 Å². The molecule has 0 N–H and O–H groups in total. The van der Waals surface area contributed by atoms with Crippen molar-refractivity contribution >= 4 is 11.9 Å². The number of ketones is 1. The maximum absolute atomic E-state index is 10.6. The zero-order valence-corrected chi connectivity index (χ0v) is 9.91. The molecule has 0 fully saturated rings. The highest BCUT2D eigenvalue weighted by atomic mass is 16.1. The van der Waals surface area contributed by atoms with Crippen LogP contribution < -0.4 is 0 Å². The number of carbonyl (C=O) groups excluding carboxylic acids is 1. The van der Waals surface area contributed by atoms with Crippen molar-refractivity contribution in [1.82, 2.24) is 0 Å². The number of rotatable bonds is 5. The lowest BCUT2D eigenvalue weighted by atomic mass is 10.2. The molecule has 17 heavy (non-hydrogen) atoms. The van der Waals surface area contributed by atoms with Gasteiger partial charge in [0.2, 0.25) is 0 Å². The van der Waals surface area contributed by atoms with Crippen LogP contribution in [0.25, 0.3) is 6.08 Å². The van der Waals surface area contributed by atoms with E-state index in [1.165, 1.54) is 18.6 Å². The summed E-state index contributed by atoms with van der Waals surface area (Å²) in [4.78, 5) is 10.6. The van der Waals surface area contributed by atoms with E-state index in [4.69, 9.17) is 0 Å². The number of hydrogen-bond donors (Lipinski definition) is 0. The van der Waals surface area contributed by atoms with Crippen molar-refractivity contribution in [2.45, 2.75) is 6.92 Å². The van der Waals surface area contributed by atoms with Gasteiger partial charge in [-0.1, -0.05) is 72.9 Å². The summed E-state index contributed by atoms with van der Waals surface area (Å²) in [6.45, 7) is 1.53. The summed E-state index contributed by atoms with van der Waals surface area (Å²) in [7, 11) is 0. The molecule has 1 aromatic rings. The van der Waals surface area contributed by atoms with Crippen molar-refractivity contribution in [2.24, 2.45) is 0 Å². The molecule has 1 heteroatoms. The Morgan fingerprint density at radius 1 is 0.882 bits per heavy atom. The number of hydrogen-bond acceptors (Lipinski definition) is 1. The van der Waals surface area contributed by atoms with Crippen molar-refractivity contribution in [3.05, 3.63) is 78.4 Å². The van der Waals surface area contributed by atoms with Gasteiger partial charge in [-0.05, 0) is 18.6 Å². The summed E-state index contributed by atoms with van der Waals surface area (Å²) < 4.78 is 0. The Labute approximate surface area is 102 Å². The molecular formula is C16H16O. The maximum atomic E-state index is 10.6. The smallest absolute Gasteiger partial charge is 0.152 e. The summed E-state index contributed by atoms with van der Waals surface area (Å²) in [5.74, 6) is 0.0580. The fourth-order valence-corrected chi connectivity index (χ4v) is 1.18. The van der Waals surface area contributed by atoms with Gasteiger partial charge in [0.1, 0.15) is 0 Å². The van der Waals surface area contributed by atoms with Crippen LogP contribution in [0.2, 0.25) is 0 Å². The molecule has 1 aromatic carbocycles. The van der Waals surface area contributed by atoms with Gasteiger partial charge in [0, 0.05) is 0 Å². The van der Waals surface area contributed by atoms with Gasteiger partial charge in [-0.15, -0.1) is 0 Å². The molecule has 0 aliphatic heterocycles. The van der Waals surface area contributed by atoms with Crippen molar-refractivity contribution in [3.63, 3.8) is 0 Å². The number of allylic oxidation sites excluding steroid dienone is 7. The Hall–Kier alpha value is -2.15. The molecule has 0 amide bonds. The highest BCUT2D eigenvalue weighted by Crippen LogP contribution is 2.00. The van der Waals surface area contributed by atoms with E-state index in [9.17, 15) is 4.79 Å². The minimum atomic E-state index is 0.0580. The van der Waals surface area contributed by atoms with E-state index in [-0.39, 0.29) is 5.78 Å². The van der Waals surface area contributed by atoms with Gasteiger partial charge >= 0.3 is 0 Å². The SMILES string of the molecule is CC(=O)\C=C/C=C\C=C\C=C\c1ccccc1. The third-order valence-electron chi connectivity index (χ3n) is 1.97. The van der Waals surface area contributed by atoms with Crippen LogP contribution in [-0.2, 0) is 4.79 Å². The minimum absolute atomic E-state index is 0.0580. The molecule has 0 unspecified atom stereocenters. The van der Waals surface area contributed by atoms with E-state index in [0.717, 1.165) is 0 Å². The first-order valence-electron chi connectivity index (χ1n) is 5.53. The summed E-state index contributed by atoms with van der Waals surface area (Å²) in [5.41, 5.74) is 1.18. The van der Waals surface area contributed by atoms with Crippen molar-refractivity contribution in [3.8, 4) is 0 Å². The second kappa shape index (κ2) is 8.05. The average molecular weight is 224 g/mol. The molecule has 0 spiro atoms. The van der Waals surface area contributed by atoms with Gasteiger partial charge in [-0.3, -0.25) is 4.79 Å². The topological polar surface area (TPSA) is 17.1 Å². The largest absolute Gasteiger partial charge is 0.295 e. The Morgan fingerprint density at radius 2 is 1.47 bits per heavy atom. The first-order chi connectivity index (χ1) is 8.29. The van der Waals surface area contributed by atoms with Crippen molar-refractivity contribution in [2.75, 3.05) is 0 Å². The number of carbonyl (C=O) groups is 1. The van der Waals surface area contributed by atoms with Crippen LogP contribution in [-0.4, -0.2) is 5.78 Å². The summed E-state index contributed by atoms with van der Waals surface area (Å²) >= 11 is 0. The van der Waals surface area contributed by atoms with Crippen molar-refractivity contribution in [1.29, 1.82) is 0 Å². The van der Waals surface area contributed by atoms with E-state index >= 15 is 0 Å². The predicted octanol–water partition coefficient (Wildman–Crippen LogP) is 3.96. The van der Waals surface area contributed by atoms with Crippen LogP contribution in [0, 0.1) is 0 Å². The molecule has 86 valence electrons. The first-order valence-corrected chi connectivity index (χ1v) is 5.53. The molecule has 0 aromatic heterocycles. The van der Waals surface area contributed by atoms with Crippen LogP contribution in [0.3, 0.4) is 0 Å². The zero-order chi connectivity index (χ0) is 12.3. The number of benzene rings is 1. The average Bonchev–Trinajstić information content (AvgIpc) is 2.33. The van der Waals surface area contributed by atoms with Gasteiger partial charge in [0.15, 0.2) is 5.78 Å². The normalized spacial score (nSPS) is 12.3. The quantitative estimate of drug-likeness (QED) is 0.546. The van der Waals surface area contributed by atoms with E-state index in [1.54, 1.807) is 6.08 Å². The van der Waals surface area contributed by atoms with Crippen molar-refractivity contribution < 1.29 is 4.79 Å². The zero-order valence-electron chi connectivity index (χ0n) is 9.91. The molecule has 1 nitrogen and oxygen atoms in total. The molecule has 0 saturated heterocycles.